The maximum atomic E-state index is 12.1. The van der Waals surface area contributed by atoms with Crippen molar-refractivity contribution in [2.24, 2.45) is 5.92 Å². The molecular weight excluding hydrogens is 330 g/mol. The largest absolute Gasteiger partial charge is 0.481 e. The summed E-state index contributed by atoms with van der Waals surface area (Å²) in [6, 6.07) is 3.48. The molecule has 0 spiro atoms. The van der Waals surface area contributed by atoms with E-state index in [-0.39, 0.29) is 11.9 Å². The quantitative estimate of drug-likeness (QED) is 0.914. The normalized spacial score (nSPS) is 24.3. The van der Waals surface area contributed by atoms with Crippen molar-refractivity contribution in [2.75, 3.05) is 6.54 Å². The first-order chi connectivity index (χ1) is 9.04. The zero-order chi connectivity index (χ0) is 14.0. The zero-order valence-electron chi connectivity index (χ0n) is 10.6. The number of carbonyl (C=O) groups excluding carboxylic acids is 1. The maximum absolute atomic E-state index is 12.1. The number of halogens is 1. The molecule has 0 saturated carbocycles. The van der Waals surface area contributed by atoms with E-state index >= 15 is 0 Å². The topological polar surface area (TPSA) is 57.6 Å². The second-order valence-corrected chi connectivity index (χ2v) is 7.10. The Kier molecular flexibility index (Phi) is 4.62. The third kappa shape index (κ3) is 3.00. The van der Waals surface area contributed by atoms with Crippen molar-refractivity contribution in [2.45, 2.75) is 32.2 Å². The van der Waals surface area contributed by atoms with Gasteiger partial charge >= 0.3 is 5.97 Å². The fourth-order valence-corrected chi connectivity index (χ4v) is 4.22. The van der Waals surface area contributed by atoms with Gasteiger partial charge in [0.2, 0.25) is 5.91 Å². The van der Waals surface area contributed by atoms with Gasteiger partial charge in [0.15, 0.2) is 0 Å². The maximum Gasteiger partial charge on any atom is 0.308 e. The van der Waals surface area contributed by atoms with Crippen LogP contribution in [0.3, 0.4) is 0 Å². The Morgan fingerprint density at radius 2 is 2.32 bits per heavy atom. The molecule has 19 heavy (non-hydrogen) atoms. The molecule has 0 aliphatic carbocycles. The first-order valence-corrected chi connectivity index (χ1v) is 7.93. The minimum Gasteiger partial charge on any atom is -0.481 e. The van der Waals surface area contributed by atoms with Crippen molar-refractivity contribution in [3.05, 3.63) is 20.8 Å². The second-order valence-electron chi connectivity index (χ2n) is 4.60. The summed E-state index contributed by atoms with van der Waals surface area (Å²) in [5.74, 6) is -1.28. The van der Waals surface area contributed by atoms with Gasteiger partial charge < -0.3 is 10.0 Å². The highest BCUT2D eigenvalue weighted by Crippen LogP contribution is 2.39. The average molecular weight is 346 g/mol. The molecule has 2 unspecified atom stereocenters. The molecule has 104 valence electrons. The highest BCUT2D eigenvalue weighted by atomic mass is 79.9. The minimum atomic E-state index is -0.817. The lowest BCUT2D eigenvalue weighted by atomic mass is 9.93. The number of aliphatic carboxylic acids is 1. The average Bonchev–Trinajstić information content (AvgIpc) is 2.70. The molecule has 0 aromatic carbocycles. The van der Waals surface area contributed by atoms with E-state index in [2.05, 4.69) is 15.9 Å². The van der Waals surface area contributed by atoms with Gasteiger partial charge in [-0.15, -0.1) is 11.3 Å². The lowest BCUT2D eigenvalue weighted by Gasteiger charge is -2.31. The number of thiophene rings is 1. The van der Waals surface area contributed by atoms with Crippen molar-refractivity contribution in [3.8, 4) is 0 Å². The first-order valence-electron chi connectivity index (χ1n) is 6.32. The molecule has 1 saturated heterocycles. The number of hydrogen-bond donors (Lipinski definition) is 1. The van der Waals surface area contributed by atoms with Crippen LogP contribution in [-0.2, 0) is 9.59 Å². The molecule has 1 fully saturated rings. The van der Waals surface area contributed by atoms with Gasteiger partial charge in [0, 0.05) is 17.8 Å². The van der Waals surface area contributed by atoms with E-state index in [1.54, 1.807) is 4.90 Å². The summed E-state index contributed by atoms with van der Waals surface area (Å²) < 4.78 is 0.958. The van der Waals surface area contributed by atoms with Gasteiger partial charge in [-0.25, -0.2) is 0 Å². The van der Waals surface area contributed by atoms with Crippen LogP contribution < -0.4 is 0 Å². The molecule has 0 bridgehead atoms. The summed E-state index contributed by atoms with van der Waals surface area (Å²) >= 11 is 4.91. The Hall–Kier alpha value is -0.880. The number of carboxylic acids is 1. The third-order valence-corrected chi connectivity index (χ3v) is 5.18. The van der Waals surface area contributed by atoms with Crippen LogP contribution >= 0.6 is 27.3 Å². The van der Waals surface area contributed by atoms with E-state index in [0.29, 0.717) is 25.8 Å². The summed E-state index contributed by atoms with van der Waals surface area (Å²) in [5, 5.41) is 9.46. The van der Waals surface area contributed by atoms with Crippen molar-refractivity contribution >= 4 is 39.1 Å². The molecule has 1 N–H and O–H groups in total. The Morgan fingerprint density at radius 1 is 1.58 bits per heavy atom. The van der Waals surface area contributed by atoms with E-state index in [9.17, 15) is 14.7 Å². The van der Waals surface area contributed by atoms with Gasteiger partial charge in [0.05, 0.1) is 15.7 Å². The molecule has 1 aliphatic rings. The highest BCUT2D eigenvalue weighted by Gasteiger charge is 2.38. The number of amides is 1. The smallest absolute Gasteiger partial charge is 0.308 e. The van der Waals surface area contributed by atoms with Crippen LogP contribution in [0.1, 0.15) is 37.1 Å². The lowest BCUT2D eigenvalue weighted by Crippen LogP contribution is -2.38. The summed E-state index contributed by atoms with van der Waals surface area (Å²) in [7, 11) is 0. The Labute approximate surface area is 124 Å². The molecular formula is C13H16BrNO3S. The fraction of sp³-hybridized carbons (Fsp3) is 0.538. The van der Waals surface area contributed by atoms with E-state index < -0.39 is 11.9 Å². The monoisotopic (exact) mass is 345 g/mol. The molecule has 2 atom stereocenters. The second kappa shape index (κ2) is 6.05. The van der Waals surface area contributed by atoms with E-state index in [1.807, 2.05) is 19.1 Å². The predicted octanol–water partition coefficient (Wildman–Crippen LogP) is 3.28. The van der Waals surface area contributed by atoms with Crippen LogP contribution in [0.5, 0.6) is 0 Å². The predicted molar refractivity (Wildman–Crippen MR) is 77.1 cm³/mol. The number of hydrogen-bond acceptors (Lipinski definition) is 3. The Morgan fingerprint density at radius 3 is 2.84 bits per heavy atom. The first kappa shape index (κ1) is 14.5. The third-order valence-electron chi connectivity index (χ3n) is 3.49. The molecule has 4 nitrogen and oxygen atoms in total. The number of nitrogens with zero attached hydrogens (tertiary/aromatic N) is 1. The number of rotatable bonds is 3. The number of carboxylic acid groups (broad SMARTS) is 1. The van der Waals surface area contributed by atoms with Gasteiger partial charge in [-0.05, 0) is 47.8 Å². The Balaban J connectivity index is 2.43. The molecule has 1 aromatic heterocycles. The SMILES string of the molecule is CCN1C(=O)CCCC(C(=O)O)C1c1ccc(Br)s1. The van der Waals surface area contributed by atoms with Crippen molar-refractivity contribution in [3.63, 3.8) is 0 Å². The van der Waals surface area contributed by atoms with Crippen LogP contribution in [-0.4, -0.2) is 28.4 Å². The van der Waals surface area contributed by atoms with Gasteiger partial charge in [0.25, 0.3) is 0 Å². The van der Waals surface area contributed by atoms with Crippen LogP contribution in [0.4, 0.5) is 0 Å². The molecule has 6 heteroatoms. The lowest BCUT2D eigenvalue weighted by molar-refractivity contribution is -0.145. The summed E-state index contributed by atoms with van der Waals surface area (Å²) in [5.41, 5.74) is 0. The van der Waals surface area contributed by atoms with Crippen LogP contribution in [0.2, 0.25) is 0 Å². The van der Waals surface area contributed by atoms with E-state index in [0.717, 1.165) is 8.66 Å². The summed E-state index contributed by atoms with van der Waals surface area (Å²) in [6.45, 7) is 2.45. The number of carbonyl (C=O) groups is 2. The molecule has 2 rings (SSSR count). The van der Waals surface area contributed by atoms with Gasteiger partial charge in [-0.2, -0.15) is 0 Å². The Bertz CT molecular complexity index is 486. The summed E-state index contributed by atoms with van der Waals surface area (Å²) in [4.78, 5) is 26.3. The van der Waals surface area contributed by atoms with Crippen LogP contribution in [0.25, 0.3) is 0 Å². The fourth-order valence-electron chi connectivity index (χ4n) is 2.62. The van der Waals surface area contributed by atoms with Gasteiger partial charge in [-0.1, -0.05) is 0 Å². The number of likely N-dealkylation sites (tertiary alicyclic amines) is 1. The molecule has 1 aliphatic heterocycles. The van der Waals surface area contributed by atoms with Crippen molar-refractivity contribution in [1.82, 2.24) is 4.90 Å². The van der Waals surface area contributed by atoms with E-state index in [4.69, 9.17) is 0 Å². The van der Waals surface area contributed by atoms with E-state index in [1.165, 1.54) is 11.3 Å². The van der Waals surface area contributed by atoms with Gasteiger partial charge in [0.1, 0.15) is 0 Å². The standard InChI is InChI=1S/C13H16BrNO3S/c1-2-15-11(16)5-3-4-8(13(17)18)12(15)9-6-7-10(14)19-9/h6-8,12H,2-5H2,1H3,(H,17,18). The summed E-state index contributed by atoms with van der Waals surface area (Å²) in [6.07, 6.45) is 1.65. The molecule has 1 amide bonds. The van der Waals surface area contributed by atoms with Crippen molar-refractivity contribution < 1.29 is 14.7 Å². The molecule has 0 radical (unpaired) electrons. The van der Waals surface area contributed by atoms with Crippen molar-refractivity contribution in [1.29, 1.82) is 0 Å². The minimum absolute atomic E-state index is 0.0563. The van der Waals surface area contributed by atoms with Crippen LogP contribution in [0, 0.1) is 5.92 Å². The van der Waals surface area contributed by atoms with Gasteiger partial charge in [-0.3, -0.25) is 9.59 Å². The zero-order valence-corrected chi connectivity index (χ0v) is 13.0. The molecule has 2 heterocycles. The highest BCUT2D eigenvalue weighted by molar-refractivity contribution is 9.11. The molecule has 1 aromatic rings. The van der Waals surface area contributed by atoms with Crippen LogP contribution in [0.15, 0.2) is 15.9 Å².